The minimum Gasteiger partial charge on any atom is -0.497 e. The number of aliphatic hydroxyl groups is 1. The molecule has 1 unspecified atom stereocenters. The summed E-state index contributed by atoms with van der Waals surface area (Å²) in [4.78, 5) is 0. The highest BCUT2D eigenvalue weighted by molar-refractivity contribution is 8.01. The molecular weight excluding hydrogens is 422 g/mol. The normalized spacial score (nSPS) is 11.8. The zero-order chi connectivity index (χ0) is 21.2. The molecule has 0 aliphatic carbocycles. The first-order valence-electron chi connectivity index (χ1n) is 9.51. The Kier molecular flexibility index (Phi) is 8.76. The van der Waals surface area contributed by atoms with Gasteiger partial charge in [-0.05, 0) is 36.8 Å². The molecule has 7 nitrogen and oxygen atoms in total. The van der Waals surface area contributed by atoms with E-state index in [1.54, 1.807) is 7.11 Å². The van der Waals surface area contributed by atoms with Gasteiger partial charge in [-0.1, -0.05) is 47.4 Å². The summed E-state index contributed by atoms with van der Waals surface area (Å²) in [7, 11) is 1.64. The SMILES string of the molecule is CCOc1ccccc1Nc1nnc(SCC(O)COCc2ccc(OC)cc2)s1. The lowest BCUT2D eigenvalue weighted by atomic mass is 10.2. The third kappa shape index (κ3) is 6.88. The standard InChI is InChI=1S/C21H25N3O4S2/c1-3-28-19-7-5-4-6-18(19)22-20-23-24-21(30-20)29-14-16(25)13-27-12-15-8-10-17(26-2)11-9-15/h4-11,16,25H,3,12-14H2,1-2H3,(H,22,23). The Hall–Kier alpha value is -2.33. The second kappa shape index (κ2) is 11.8. The Bertz CT molecular complexity index is 905. The van der Waals surface area contributed by atoms with Gasteiger partial charge >= 0.3 is 0 Å². The van der Waals surface area contributed by atoms with E-state index in [1.807, 2.05) is 55.5 Å². The van der Waals surface area contributed by atoms with Gasteiger partial charge in [-0.2, -0.15) is 0 Å². The van der Waals surface area contributed by atoms with Crippen LogP contribution in [0, 0.1) is 0 Å². The summed E-state index contributed by atoms with van der Waals surface area (Å²) in [5.74, 6) is 2.06. The van der Waals surface area contributed by atoms with E-state index in [-0.39, 0.29) is 6.61 Å². The molecule has 0 radical (unpaired) electrons. The van der Waals surface area contributed by atoms with Gasteiger partial charge in [-0.25, -0.2) is 0 Å². The third-order valence-electron chi connectivity index (χ3n) is 3.97. The van der Waals surface area contributed by atoms with E-state index in [0.717, 1.165) is 27.1 Å². The van der Waals surface area contributed by atoms with Crippen molar-refractivity contribution < 1.29 is 19.3 Å². The first kappa shape index (κ1) is 22.4. The van der Waals surface area contributed by atoms with Gasteiger partial charge in [0.2, 0.25) is 5.13 Å². The molecule has 0 spiro atoms. The van der Waals surface area contributed by atoms with E-state index in [2.05, 4.69) is 15.5 Å². The third-order valence-corrected chi connectivity index (χ3v) is 6.09. The van der Waals surface area contributed by atoms with E-state index in [0.29, 0.717) is 24.1 Å². The average molecular weight is 448 g/mol. The quantitative estimate of drug-likeness (QED) is 0.396. The van der Waals surface area contributed by atoms with Gasteiger partial charge in [0, 0.05) is 5.75 Å². The summed E-state index contributed by atoms with van der Waals surface area (Å²) in [6.45, 7) is 3.24. The Labute approximate surface area is 184 Å². The molecule has 9 heteroatoms. The molecule has 30 heavy (non-hydrogen) atoms. The number of rotatable bonds is 12. The minimum absolute atomic E-state index is 0.255. The maximum atomic E-state index is 10.2. The number of para-hydroxylation sites is 2. The molecule has 1 atom stereocenters. The first-order chi connectivity index (χ1) is 14.7. The van der Waals surface area contributed by atoms with Crippen molar-refractivity contribution in [3.8, 4) is 11.5 Å². The number of nitrogens with one attached hydrogen (secondary N) is 1. The zero-order valence-electron chi connectivity index (χ0n) is 16.9. The highest BCUT2D eigenvalue weighted by Gasteiger charge is 2.11. The summed E-state index contributed by atoms with van der Waals surface area (Å²) in [6, 6.07) is 15.4. The molecule has 1 aromatic heterocycles. The second-order valence-corrected chi connectivity index (χ2v) is 8.50. The molecule has 0 bridgehead atoms. The van der Waals surface area contributed by atoms with Crippen LogP contribution in [-0.2, 0) is 11.3 Å². The largest absolute Gasteiger partial charge is 0.497 e. The van der Waals surface area contributed by atoms with E-state index >= 15 is 0 Å². The van der Waals surface area contributed by atoms with Gasteiger partial charge in [-0.15, -0.1) is 10.2 Å². The van der Waals surface area contributed by atoms with Crippen LogP contribution in [0.25, 0.3) is 0 Å². The topological polar surface area (TPSA) is 85.7 Å². The maximum absolute atomic E-state index is 10.2. The van der Waals surface area contributed by atoms with Crippen LogP contribution in [0.2, 0.25) is 0 Å². The molecule has 0 aliphatic rings. The number of ether oxygens (including phenoxy) is 3. The van der Waals surface area contributed by atoms with Crippen molar-refractivity contribution in [3.05, 3.63) is 54.1 Å². The number of hydrogen-bond donors (Lipinski definition) is 2. The molecule has 0 amide bonds. The van der Waals surface area contributed by atoms with Crippen LogP contribution in [0.1, 0.15) is 12.5 Å². The first-order valence-corrected chi connectivity index (χ1v) is 11.3. The van der Waals surface area contributed by atoms with Crippen molar-refractivity contribution in [2.45, 2.75) is 24.0 Å². The highest BCUT2D eigenvalue weighted by Crippen LogP contribution is 2.31. The van der Waals surface area contributed by atoms with Gasteiger partial charge in [0.05, 0.1) is 38.7 Å². The molecule has 0 saturated heterocycles. The maximum Gasteiger partial charge on any atom is 0.210 e. The van der Waals surface area contributed by atoms with Gasteiger partial charge < -0.3 is 24.6 Å². The number of aromatic nitrogens is 2. The lowest BCUT2D eigenvalue weighted by molar-refractivity contribution is 0.0398. The van der Waals surface area contributed by atoms with Crippen LogP contribution in [-0.4, -0.2) is 47.5 Å². The molecular formula is C21H25N3O4S2. The van der Waals surface area contributed by atoms with Crippen LogP contribution >= 0.6 is 23.1 Å². The van der Waals surface area contributed by atoms with Crippen LogP contribution in [0.3, 0.4) is 0 Å². The van der Waals surface area contributed by atoms with E-state index in [4.69, 9.17) is 14.2 Å². The van der Waals surface area contributed by atoms with Gasteiger partial charge in [0.1, 0.15) is 11.5 Å². The Morgan fingerprint density at radius 2 is 1.93 bits per heavy atom. The van der Waals surface area contributed by atoms with Gasteiger partial charge in [0.15, 0.2) is 4.34 Å². The predicted molar refractivity (Wildman–Crippen MR) is 120 cm³/mol. The lowest BCUT2D eigenvalue weighted by Crippen LogP contribution is -2.17. The molecule has 3 aromatic rings. The van der Waals surface area contributed by atoms with E-state index in [1.165, 1.54) is 23.1 Å². The fraction of sp³-hybridized carbons (Fsp3) is 0.333. The molecule has 0 saturated carbocycles. The Balaban J connectivity index is 1.41. The number of methoxy groups -OCH3 is 1. The lowest BCUT2D eigenvalue weighted by Gasteiger charge is -2.10. The molecule has 1 heterocycles. The highest BCUT2D eigenvalue weighted by atomic mass is 32.2. The summed E-state index contributed by atoms with van der Waals surface area (Å²) in [5, 5.41) is 22.4. The molecule has 160 valence electrons. The number of nitrogens with zero attached hydrogens (tertiary/aromatic N) is 2. The van der Waals surface area contributed by atoms with E-state index in [9.17, 15) is 5.11 Å². The van der Waals surface area contributed by atoms with Gasteiger partial charge in [0.25, 0.3) is 0 Å². The van der Waals surface area contributed by atoms with Crippen LogP contribution in [0.5, 0.6) is 11.5 Å². The number of hydrogen-bond acceptors (Lipinski definition) is 9. The van der Waals surface area contributed by atoms with Crippen LogP contribution in [0.4, 0.5) is 10.8 Å². The summed E-state index contributed by atoms with van der Waals surface area (Å²) in [5.41, 5.74) is 1.88. The number of anilines is 2. The van der Waals surface area contributed by atoms with Gasteiger partial charge in [-0.3, -0.25) is 0 Å². The Morgan fingerprint density at radius 3 is 2.70 bits per heavy atom. The summed E-state index contributed by atoms with van der Waals surface area (Å²) in [6.07, 6.45) is -0.591. The predicted octanol–water partition coefficient (Wildman–Crippen LogP) is 4.36. The van der Waals surface area contributed by atoms with Crippen LogP contribution < -0.4 is 14.8 Å². The average Bonchev–Trinajstić information content (AvgIpc) is 3.22. The van der Waals surface area contributed by atoms with Crippen LogP contribution in [0.15, 0.2) is 52.9 Å². The van der Waals surface area contributed by atoms with Crippen molar-refractivity contribution in [2.24, 2.45) is 0 Å². The second-order valence-electron chi connectivity index (χ2n) is 6.26. The van der Waals surface area contributed by atoms with Crippen molar-refractivity contribution >= 4 is 33.9 Å². The molecule has 0 fully saturated rings. The molecule has 2 aromatic carbocycles. The van der Waals surface area contributed by atoms with Crippen molar-refractivity contribution in [3.63, 3.8) is 0 Å². The smallest absolute Gasteiger partial charge is 0.210 e. The summed E-state index contributed by atoms with van der Waals surface area (Å²) < 4.78 is 17.1. The molecule has 2 N–H and O–H groups in total. The number of aliphatic hydroxyl groups excluding tert-OH is 1. The van der Waals surface area contributed by atoms with Crippen molar-refractivity contribution in [1.29, 1.82) is 0 Å². The Morgan fingerprint density at radius 1 is 1.13 bits per heavy atom. The van der Waals surface area contributed by atoms with Crippen molar-refractivity contribution in [1.82, 2.24) is 10.2 Å². The van der Waals surface area contributed by atoms with Crippen molar-refractivity contribution in [2.75, 3.05) is 31.4 Å². The molecule has 0 aliphatic heterocycles. The minimum atomic E-state index is -0.591. The van der Waals surface area contributed by atoms with E-state index < -0.39 is 6.10 Å². The molecule has 3 rings (SSSR count). The summed E-state index contributed by atoms with van der Waals surface area (Å²) >= 11 is 2.88. The monoisotopic (exact) mass is 447 g/mol. The fourth-order valence-electron chi connectivity index (χ4n) is 2.54. The number of benzene rings is 2. The fourth-order valence-corrected chi connectivity index (χ4v) is 4.23. The number of thioether (sulfide) groups is 1. The zero-order valence-corrected chi connectivity index (χ0v) is 18.5.